The number of benzene rings is 2. The Bertz CT molecular complexity index is 908. The number of nitrogens with zero attached hydrogens (tertiary/aromatic N) is 2. The van der Waals surface area contributed by atoms with Crippen LogP contribution < -0.4 is 5.73 Å². The molecule has 140 valence electrons. The van der Waals surface area contributed by atoms with Crippen LogP contribution in [0.5, 0.6) is 0 Å². The Hall–Kier alpha value is -3.15. The minimum atomic E-state index is -0.944. The summed E-state index contributed by atoms with van der Waals surface area (Å²) in [5.74, 6) is -0.452. The van der Waals surface area contributed by atoms with Crippen molar-refractivity contribution in [2.45, 2.75) is 25.8 Å². The average molecular weight is 365 g/mol. The maximum atomic E-state index is 12.5. The van der Waals surface area contributed by atoms with Crippen LogP contribution in [0.3, 0.4) is 0 Å². The fourth-order valence-corrected chi connectivity index (χ4v) is 3.25. The van der Waals surface area contributed by atoms with E-state index < -0.39 is 11.5 Å². The maximum absolute atomic E-state index is 12.5. The molecule has 6 heteroatoms. The lowest BCUT2D eigenvalue weighted by Gasteiger charge is -2.34. The van der Waals surface area contributed by atoms with Gasteiger partial charge in [-0.25, -0.2) is 9.79 Å². The van der Waals surface area contributed by atoms with Gasteiger partial charge in [0.05, 0.1) is 24.1 Å². The normalized spacial score (nSPS) is 19.6. The number of aliphatic imine (C=N–C) groups is 1. The van der Waals surface area contributed by atoms with Crippen molar-refractivity contribution in [1.29, 1.82) is 0 Å². The van der Waals surface area contributed by atoms with Crippen molar-refractivity contribution in [3.05, 3.63) is 59.7 Å². The van der Waals surface area contributed by atoms with E-state index >= 15 is 0 Å². The predicted octanol–water partition coefficient (Wildman–Crippen LogP) is 2.92. The lowest BCUT2D eigenvalue weighted by atomic mass is 9.82. The molecule has 0 saturated carbocycles. The molecule has 0 aliphatic carbocycles. The Morgan fingerprint density at radius 1 is 1.22 bits per heavy atom. The number of carbonyl (C=O) groups is 2. The van der Waals surface area contributed by atoms with Crippen molar-refractivity contribution in [2.75, 3.05) is 13.7 Å². The first-order chi connectivity index (χ1) is 12.9. The molecule has 1 heterocycles. The summed E-state index contributed by atoms with van der Waals surface area (Å²) in [6.07, 6.45) is 0.120. The predicted molar refractivity (Wildman–Crippen MR) is 104 cm³/mol. The number of hydrogen-bond acceptors (Lipinski definition) is 5. The molecule has 1 aliphatic heterocycles. The van der Waals surface area contributed by atoms with Crippen LogP contribution in [-0.4, -0.2) is 36.4 Å². The van der Waals surface area contributed by atoms with E-state index in [1.807, 2.05) is 49.4 Å². The van der Waals surface area contributed by atoms with Gasteiger partial charge in [-0.3, -0.25) is 9.69 Å². The molecular formula is C21H23N3O3. The number of nitrogens with two attached hydrogens (primary N) is 1. The monoisotopic (exact) mass is 365 g/mol. The SMILES string of the molecule is CCOC(=O)c1ccc(-c2ccccc2)cc1C1(C)CC(=O)N(C)C(N)=N1. The van der Waals surface area contributed by atoms with Gasteiger partial charge >= 0.3 is 5.97 Å². The Labute approximate surface area is 158 Å². The van der Waals surface area contributed by atoms with Gasteiger partial charge in [0.25, 0.3) is 0 Å². The highest BCUT2D eigenvalue weighted by molar-refractivity contribution is 6.00. The molecule has 1 amide bonds. The standard InChI is InChI=1S/C21H23N3O3/c1-4-27-19(26)16-11-10-15(14-8-6-5-7-9-14)12-17(16)21(2)13-18(25)24(3)20(22)23-21/h5-12H,4,13H2,1-3H3,(H2,22,23). The number of amides is 1. The molecule has 0 radical (unpaired) electrons. The van der Waals surface area contributed by atoms with E-state index in [-0.39, 0.29) is 24.9 Å². The zero-order chi connectivity index (χ0) is 19.6. The molecule has 2 aromatic rings. The fraction of sp³-hybridized carbons (Fsp3) is 0.286. The molecule has 0 spiro atoms. The van der Waals surface area contributed by atoms with Gasteiger partial charge in [-0.2, -0.15) is 0 Å². The zero-order valence-corrected chi connectivity index (χ0v) is 15.7. The largest absolute Gasteiger partial charge is 0.462 e. The van der Waals surface area contributed by atoms with Crippen LogP contribution in [0.4, 0.5) is 0 Å². The lowest BCUT2D eigenvalue weighted by Crippen LogP contribution is -2.47. The van der Waals surface area contributed by atoms with Gasteiger partial charge in [-0.05, 0) is 42.7 Å². The van der Waals surface area contributed by atoms with Crippen molar-refractivity contribution in [3.63, 3.8) is 0 Å². The summed E-state index contributed by atoms with van der Waals surface area (Å²) in [6.45, 7) is 3.84. The van der Waals surface area contributed by atoms with Crippen LogP contribution >= 0.6 is 0 Å². The average Bonchev–Trinajstić information content (AvgIpc) is 2.66. The summed E-state index contributed by atoms with van der Waals surface area (Å²) < 4.78 is 5.21. The second kappa shape index (κ2) is 7.23. The van der Waals surface area contributed by atoms with Gasteiger partial charge in [-0.15, -0.1) is 0 Å². The minimum Gasteiger partial charge on any atom is -0.462 e. The highest BCUT2D eigenvalue weighted by Crippen LogP contribution is 2.37. The topological polar surface area (TPSA) is 85.0 Å². The molecule has 6 nitrogen and oxygen atoms in total. The lowest BCUT2D eigenvalue weighted by molar-refractivity contribution is -0.128. The van der Waals surface area contributed by atoms with Crippen LogP contribution in [0.2, 0.25) is 0 Å². The van der Waals surface area contributed by atoms with Gasteiger partial charge in [0, 0.05) is 7.05 Å². The van der Waals surface area contributed by atoms with Crippen molar-refractivity contribution in [1.82, 2.24) is 4.90 Å². The molecule has 0 bridgehead atoms. The van der Waals surface area contributed by atoms with E-state index in [9.17, 15) is 9.59 Å². The zero-order valence-electron chi connectivity index (χ0n) is 15.7. The summed E-state index contributed by atoms with van der Waals surface area (Å²) in [7, 11) is 1.59. The Morgan fingerprint density at radius 3 is 2.56 bits per heavy atom. The first-order valence-electron chi connectivity index (χ1n) is 8.84. The van der Waals surface area contributed by atoms with Gasteiger partial charge in [0.1, 0.15) is 0 Å². The molecule has 0 saturated heterocycles. The summed E-state index contributed by atoms with van der Waals surface area (Å²) in [4.78, 5) is 30.8. The third-order valence-corrected chi connectivity index (χ3v) is 4.78. The number of ether oxygens (including phenoxy) is 1. The van der Waals surface area contributed by atoms with E-state index in [0.29, 0.717) is 11.1 Å². The van der Waals surface area contributed by atoms with Gasteiger partial charge in [0.2, 0.25) is 5.91 Å². The van der Waals surface area contributed by atoms with Crippen molar-refractivity contribution < 1.29 is 14.3 Å². The number of carbonyl (C=O) groups excluding carboxylic acids is 2. The highest BCUT2D eigenvalue weighted by atomic mass is 16.5. The Balaban J connectivity index is 2.18. The molecule has 27 heavy (non-hydrogen) atoms. The quantitative estimate of drug-likeness (QED) is 0.844. The first kappa shape index (κ1) is 18.6. The van der Waals surface area contributed by atoms with Crippen LogP contribution in [-0.2, 0) is 15.1 Å². The summed E-state index contributed by atoms with van der Waals surface area (Å²) in [5.41, 5.74) is 7.98. The van der Waals surface area contributed by atoms with E-state index in [1.165, 1.54) is 4.90 Å². The van der Waals surface area contributed by atoms with Crippen LogP contribution in [0.15, 0.2) is 53.5 Å². The van der Waals surface area contributed by atoms with Crippen LogP contribution in [0, 0.1) is 0 Å². The molecule has 1 atom stereocenters. The number of guanidine groups is 1. The third kappa shape index (κ3) is 3.56. The van der Waals surface area contributed by atoms with Crippen molar-refractivity contribution in [3.8, 4) is 11.1 Å². The molecule has 0 aromatic heterocycles. The second-order valence-electron chi connectivity index (χ2n) is 6.72. The van der Waals surface area contributed by atoms with Crippen LogP contribution in [0.25, 0.3) is 11.1 Å². The van der Waals surface area contributed by atoms with Gasteiger partial charge in [0.15, 0.2) is 5.96 Å². The Morgan fingerprint density at radius 2 is 1.93 bits per heavy atom. The molecular weight excluding hydrogens is 342 g/mol. The fourth-order valence-electron chi connectivity index (χ4n) is 3.25. The second-order valence-corrected chi connectivity index (χ2v) is 6.72. The summed E-state index contributed by atoms with van der Waals surface area (Å²) in [5, 5.41) is 0. The molecule has 1 aliphatic rings. The van der Waals surface area contributed by atoms with E-state index in [0.717, 1.165) is 11.1 Å². The summed E-state index contributed by atoms with van der Waals surface area (Å²) in [6, 6.07) is 15.3. The molecule has 3 rings (SSSR count). The van der Waals surface area contributed by atoms with Gasteiger partial charge < -0.3 is 10.5 Å². The van der Waals surface area contributed by atoms with E-state index in [2.05, 4.69) is 4.99 Å². The smallest absolute Gasteiger partial charge is 0.338 e. The van der Waals surface area contributed by atoms with Crippen molar-refractivity contribution in [2.24, 2.45) is 10.7 Å². The van der Waals surface area contributed by atoms with E-state index in [1.54, 1.807) is 20.0 Å². The molecule has 2 aromatic carbocycles. The number of esters is 1. The molecule has 1 unspecified atom stereocenters. The van der Waals surface area contributed by atoms with Crippen LogP contribution in [0.1, 0.15) is 36.2 Å². The third-order valence-electron chi connectivity index (χ3n) is 4.78. The molecule has 2 N–H and O–H groups in total. The number of rotatable bonds is 4. The highest BCUT2D eigenvalue weighted by Gasteiger charge is 2.39. The minimum absolute atomic E-state index is 0.120. The first-order valence-corrected chi connectivity index (χ1v) is 8.84. The van der Waals surface area contributed by atoms with Gasteiger partial charge in [-0.1, -0.05) is 36.4 Å². The van der Waals surface area contributed by atoms with Crippen molar-refractivity contribution >= 4 is 17.8 Å². The number of hydrogen-bond donors (Lipinski definition) is 1. The molecule has 0 fully saturated rings. The maximum Gasteiger partial charge on any atom is 0.338 e. The van der Waals surface area contributed by atoms with E-state index in [4.69, 9.17) is 10.5 Å². The Kier molecular flexibility index (Phi) is 4.99. The summed E-state index contributed by atoms with van der Waals surface area (Å²) >= 11 is 0.